The molecule has 4 rings (SSSR count). The molecule has 0 atom stereocenters. The highest BCUT2D eigenvalue weighted by Crippen LogP contribution is 2.21. The van der Waals surface area contributed by atoms with Gasteiger partial charge in [0.1, 0.15) is 0 Å². The second kappa shape index (κ2) is 8.06. The fourth-order valence-corrected chi connectivity index (χ4v) is 2.88. The van der Waals surface area contributed by atoms with E-state index in [-0.39, 0.29) is 12.5 Å². The Morgan fingerprint density at radius 2 is 1.79 bits per heavy atom. The van der Waals surface area contributed by atoms with Crippen LogP contribution in [0, 0.1) is 0 Å². The Hall–Kier alpha value is -3.44. The summed E-state index contributed by atoms with van der Waals surface area (Å²) >= 11 is 5.86. The van der Waals surface area contributed by atoms with Gasteiger partial charge in [-0.1, -0.05) is 54.1 Å². The third-order valence-electron chi connectivity index (χ3n) is 4.12. The second-order valence-corrected chi connectivity index (χ2v) is 6.45. The molecule has 0 N–H and O–H groups in total. The van der Waals surface area contributed by atoms with E-state index in [4.69, 9.17) is 20.8 Å². The maximum absolute atomic E-state index is 12.0. The highest BCUT2D eigenvalue weighted by Gasteiger charge is 2.10. The Kier molecular flexibility index (Phi) is 5.17. The first-order valence-corrected chi connectivity index (χ1v) is 8.98. The SMILES string of the molecule is O=C(/C=C/c1cccc2ccccc12)OCc1nnc(-c2ccc(Cl)cc2)o1. The molecule has 0 aliphatic heterocycles. The number of hydrogen-bond donors (Lipinski definition) is 0. The second-order valence-electron chi connectivity index (χ2n) is 6.02. The van der Waals surface area contributed by atoms with Crippen LogP contribution in [0.25, 0.3) is 28.3 Å². The fraction of sp³-hybridized carbons (Fsp3) is 0.0455. The first-order valence-electron chi connectivity index (χ1n) is 8.60. The Labute approximate surface area is 166 Å². The minimum Gasteiger partial charge on any atom is -0.452 e. The number of rotatable bonds is 5. The van der Waals surface area contributed by atoms with E-state index in [1.165, 1.54) is 6.08 Å². The van der Waals surface area contributed by atoms with Gasteiger partial charge in [-0.05, 0) is 46.7 Å². The topological polar surface area (TPSA) is 65.2 Å². The van der Waals surface area contributed by atoms with Gasteiger partial charge in [-0.2, -0.15) is 0 Å². The average molecular weight is 391 g/mol. The molecule has 0 aliphatic carbocycles. The molecule has 1 heterocycles. The van der Waals surface area contributed by atoms with Gasteiger partial charge in [-0.15, -0.1) is 10.2 Å². The molecular formula is C22H15ClN2O3. The Morgan fingerprint density at radius 1 is 1.00 bits per heavy atom. The quantitative estimate of drug-likeness (QED) is 0.341. The van der Waals surface area contributed by atoms with Crippen LogP contribution in [0.2, 0.25) is 5.02 Å². The summed E-state index contributed by atoms with van der Waals surface area (Å²) in [5.41, 5.74) is 1.68. The largest absolute Gasteiger partial charge is 0.452 e. The molecule has 3 aromatic carbocycles. The van der Waals surface area contributed by atoms with E-state index in [9.17, 15) is 4.79 Å². The number of nitrogens with zero attached hydrogens (tertiary/aromatic N) is 2. The molecule has 0 saturated carbocycles. The minimum absolute atomic E-state index is 0.0979. The molecule has 0 aliphatic rings. The lowest BCUT2D eigenvalue weighted by molar-refractivity contribution is -0.139. The highest BCUT2D eigenvalue weighted by molar-refractivity contribution is 6.30. The van der Waals surface area contributed by atoms with Crippen molar-refractivity contribution in [3.63, 3.8) is 0 Å². The summed E-state index contributed by atoms with van der Waals surface area (Å²) in [4.78, 5) is 12.0. The van der Waals surface area contributed by atoms with Crippen LogP contribution in [0.5, 0.6) is 0 Å². The summed E-state index contributed by atoms with van der Waals surface area (Å²) in [5.74, 6) is 0.0741. The molecule has 1 aromatic heterocycles. The molecule has 0 radical (unpaired) electrons. The van der Waals surface area contributed by atoms with Gasteiger partial charge in [-0.25, -0.2) is 4.79 Å². The normalized spacial score (nSPS) is 11.2. The highest BCUT2D eigenvalue weighted by atomic mass is 35.5. The Morgan fingerprint density at radius 3 is 2.64 bits per heavy atom. The lowest BCUT2D eigenvalue weighted by Crippen LogP contribution is -2.01. The maximum atomic E-state index is 12.0. The van der Waals surface area contributed by atoms with Crippen molar-refractivity contribution in [1.82, 2.24) is 10.2 Å². The number of esters is 1. The lowest BCUT2D eigenvalue weighted by atomic mass is 10.0. The van der Waals surface area contributed by atoms with Crippen molar-refractivity contribution in [2.24, 2.45) is 0 Å². The van der Waals surface area contributed by atoms with Crippen molar-refractivity contribution < 1.29 is 13.9 Å². The van der Waals surface area contributed by atoms with Gasteiger partial charge >= 0.3 is 5.97 Å². The smallest absolute Gasteiger partial charge is 0.331 e. The minimum atomic E-state index is -0.487. The summed E-state index contributed by atoms with van der Waals surface area (Å²) in [5, 5.41) is 10.6. The summed E-state index contributed by atoms with van der Waals surface area (Å²) in [6.07, 6.45) is 3.12. The van der Waals surface area contributed by atoms with Crippen molar-refractivity contribution in [3.8, 4) is 11.5 Å². The van der Waals surface area contributed by atoms with Crippen LogP contribution in [-0.2, 0) is 16.1 Å². The van der Waals surface area contributed by atoms with Gasteiger partial charge in [0, 0.05) is 16.7 Å². The summed E-state index contributed by atoms with van der Waals surface area (Å²) in [6.45, 7) is -0.0979. The van der Waals surface area contributed by atoms with Crippen molar-refractivity contribution >= 4 is 34.4 Å². The molecule has 138 valence electrons. The zero-order valence-electron chi connectivity index (χ0n) is 14.7. The van der Waals surface area contributed by atoms with Crippen molar-refractivity contribution in [1.29, 1.82) is 0 Å². The maximum Gasteiger partial charge on any atom is 0.331 e. The Balaban J connectivity index is 1.39. The van der Waals surface area contributed by atoms with Crippen LogP contribution >= 0.6 is 11.6 Å². The van der Waals surface area contributed by atoms with Crippen molar-refractivity contribution in [3.05, 3.63) is 89.3 Å². The number of aromatic nitrogens is 2. The predicted octanol–water partition coefficient (Wildman–Crippen LogP) is 5.30. The number of carbonyl (C=O) groups excluding carboxylic acids is 1. The third kappa shape index (κ3) is 4.10. The molecule has 4 aromatic rings. The van der Waals surface area contributed by atoms with Gasteiger partial charge in [0.25, 0.3) is 5.89 Å². The van der Waals surface area contributed by atoms with Gasteiger partial charge in [0.15, 0.2) is 6.61 Å². The van der Waals surface area contributed by atoms with Crippen molar-refractivity contribution in [2.45, 2.75) is 6.61 Å². The van der Waals surface area contributed by atoms with E-state index in [0.717, 1.165) is 21.9 Å². The number of halogens is 1. The van der Waals surface area contributed by atoms with E-state index in [1.807, 2.05) is 42.5 Å². The lowest BCUT2D eigenvalue weighted by Gasteiger charge is -2.01. The molecular weight excluding hydrogens is 376 g/mol. The van der Waals surface area contributed by atoms with Gasteiger partial charge in [0.05, 0.1) is 0 Å². The van der Waals surface area contributed by atoms with E-state index in [0.29, 0.717) is 10.9 Å². The van der Waals surface area contributed by atoms with E-state index >= 15 is 0 Å². The first kappa shape index (κ1) is 17.9. The molecule has 0 unspecified atom stereocenters. The van der Waals surface area contributed by atoms with Crippen LogP contribution in [-0.4, -0.2) is 16.2 Å². The molecule has 0 bridgehead atoms. The molecule has 6 heteroatoms. The van der Waals surface area contributed by atoms with Crippen molar-refractivity contribution in [2.75, 3.05) is 0 Å². The van der Waals surface area contributed by atoms with Crippen LogP contribution in [0.1, 0.15) is 11.5 Å². The van der Waals surface area contributed by atoms with Crippen LogP contribution < -0.4 is 0 Å². The number of carbonyl (C=O) groups is 1. The number of fused-ring (bicyclic) bond motifs is 1. The fourth-order valence-electron chi connectivity index (χ4n) is 2.76. The van der Waals surface area contributed by atoms with E-state index in [1.54, 1.807) is 30.3 Å². The van der Waals surface area contributed by atoms with E-state index < -0.39 is 5.97 Å². The molecule has 0 saturated heterocycles. The number of hydrogen-bond acceptors (Lipinski definition) is 5. The van der Waals surface area contributed by atoms with Gasteiger partial charge in [0.2, 0.25) is 5.89 Å². The summed E-state index contributed by atoms with van der Waals surface area (Å²) in [7, 11) is 0. The summed E-state index contributed by atoms with van der Waals surface area (Å²) < 4.78 is 10.7. The van der Waals surface area contributed by atoms with Gasteiger partial charge < -0.3 is 9.15 Å². The molecule has 5 nitrogen and oxygen atoms in total. The van der Waals surface area contributed by atoms with Crippen LogP contribution in [0.15, 0.2) is 77.2 Å². The molecule has 0 spiro atoms. The van der Waals surface area contributed by atoms with E-state index in [2.05, 4.69) is 10.2 Å². The zero-order chi connectivity index (χ0) is 19.3. The number of ether oxygens (including phenoxy) is 1. The van der Waals surface area contributed by atoms with Gasteiger partial charge in [-0.3, -0.25) is 0 Å². The standard InChI is InChI=1S/C22H15ClN2O3/c23-18-11-8-17(9-12-18)22-25-24-20(28-22)14-27-21(26)13-10-16-6-3-5-15-4-1-2-7-19(15)16/h1-13H,14H2/b13-10+. The zero-order valence-corrected chi connectivity index (χ0v) is 15.5. The number of benzene rings is 3. The average Bonchev–Trinajstić information content (AvgIpc) is 3.20. The molecule has 28 heavy (non-hydrogen) atoms. The monoisotopic (exact) mass is 390 g/mol. The first-order chi connectivity index (χ1) is 13.7. The van der Waals surface area contributed by atoms with Crippen LogP contribution in [0.3, 0.4) is 0 Å². The molecule has 0 amide bonds. The van der Waals surface area contributed by atoms with Crippen LogP contribution in [0.4, 0.5) is 0 Å². The predicted molar refractivity (Wildman–Crippen MR) is 108 cm³/mol. The molecule has 0 fully saturated rings. The Bertz CT molecular complexity index is 1140. The summed E-state index contributed by atoms with van der Waals surface area (Å²) in [6, 6.07) is 20.9. The third-order valence-corrected chi connectivity index (χ3v) is 4.37.